The summed E-state index contributed by atoms with van der Waals surface area (Å²) >= 11 is 0. The first-order chi connectivity index (χ1) is 6.96. The van der Waals surface area contributed by atoms with Crippen LogP contribution in [0.25, 0.3) is 0 Å². The number of likely N-dealkylation sites (N-methyl/N-ethyl adjacent to an activating group) is 1. The van der Waals surface area contributed by atoms with Crippen molar-refractivity contribution < 1.29 is 0 Å². The van der Waals surface area contributed by atoms with Crippen LogP contribution < -0.4 is 5.73 Å². The average molecular weight is 210 g/mol. The summed E-state index contributed by atoms with van der Waals surface area (Å²) in [5.41, 5.74) is 7.90. The molecule has 15 heavy (non-hydrogen) atoms. The molecule has 0 aromatic carbocycles. The molecular weight excluding hydrogens is 184 g/mol. The van der Waals surface area contributed by atoms with Gasteiger partial charge in [-0.25, -0.2) is 0 Å². The van der Waals surface area contributed by atoms with E-state index in [-0.39, 0.29) is 11.6 Å². The molecule has 0 aromatic rings. The molecule has 0 aliphatic heterocycles. The maximum absolute atomic E-state index is 6.39. The smallest absolute Gasteiger partial charge is 0.0435 e. The average Bonchev–Trinajstić information content (AvgIpc) is 2.44. The van der Waals surface area contributed by atoms with Gasteiger partial charge in [0.1, 0.15) is 0 Å². The fraction of sp³-hybridized carbons (Fsp3) is 0.846. The summed E-state index contributed by atoms with van der Waals surface area (Å²) in [5, 5.41) is 0. The third kappa shape index (κ3) is 3.05. The molecule has 0 fully saturated rings. The molecule has 0 saturated heterocycles. The normalized spacial score (nSPS) is 21.1. The number of allylic oxidation sites excluding steroid dienone is 1. The van der Waals surface area contributed by atoms with Crippen LogP contribution in [0, 0.1) is 0 Å². The summed E-state index contributed by atoms with van der Waals surface area (Å²) in [6, 6.07) is 0.172. The minimum absolute atomic E-state index is 0.0518. The Labute approximate surface area is 94.5 Å². The predicted octanol–water partition coefficient (Wildman–Crippen LogP) is 2.54. The summed E-state index contributed by atoms with van der Waals surface area (Å²) in [4.78, 5) is 2.23. The van der Waals surface area contributed by atoms with Gasteiger partial charge in [0.2, 0.25) is 0 Å². The molecule has 88 valence electrons. The van der Waals surface area contributed by atoms with E-state index in [1.165, 1.54) is 37.7 Å². The highest BCUT2D eigenvalue weighted by molar-refractivity contribution is 5.17. The van der Waals surface area contributed by atoms with Gasteiger partial charge in [-0.2, -0.15) is 0 Å². The lowest BCUT2D eigenvalue weighted by Crippen LogP contribution is -2.53. The van der Waals surface area contributed by atoms with Gasteiger partial charge in [-0.3, -0.25) is 0 Å². The molecule has 1 aliphatic rings. The van der Waals surface area contributed by atoms with Crippen LogP contribution in [0.15, 0.2) is 11.6 Å². The van der Waals surface area contributed by atoms with Gasteiger partial charge in [-0.05, 0) is 53.6 Å². The van der Waals surface area contributed by atoms with Gasteiger partial charge in [-0.1, -0.05) is 18.1 Å². The van der Waals surface area contributed by atoms with Gasteiger partial charge >= 0.3 is 0 Å². The second kappa shape index (κ2) is 5.13. The van der Waals surface area contributed by atoms with E-state index < -0.39 is 0 Å². The second-order valence-electron chi connectivity index (χ2n) is 5.40. The SMILES string of the molecule is CN(C)C(C)(C)C(N)C1=CCCCCC1. The maximum atomic E-state index is 6.39. The highest BCUT2D eigenvalue weighted by Crippen LogP contribution is 2.26. The first kappa shape index (κ1) is 12.7. The number of nitrogens with zero attached hydrogens (tertiary/aromatic N) is 1. The number of nitrogens with two attached hydrogens (primary N) is 1. The molecule has 2 N–H and O–H groups in total. The van der Waals surface area contributed by atoms with Crippen molar-refractivity contribution in [2.75, 3.05) is 14.1 Å². The molecule has 1 aliphatic carbocycles. The molecule has 1 rings (SSSR count). The van der Waals surface area contributed by atoms with Crippen molar-refractivity contribution in [3.05, 3.63) is 11.6 Å². The lowest BCUT2D eigenvalue weighted by molar-refractivity contribution is 0.171. The molecule has 0 bridgehead atoms. The zero-order chi connectivity index (χ0) is 11.5. The zero-order valence-corrected chi connectivity index (χ0v) is 10.7. The van der Waals surface area contributed by atoms with Gasteiger partial charge < -0.3 is 10.6 Å². The zero-order valence-electron chi connectivity index (χ0n) is 10.7. The summed E-state index contributed by atoms with van der Waals surface area (Å²) in [6.07, 6.45) is 8.78. The van der Waals surface area contributed by atoms with Crippen molar-refractivity contribution in [1.82, 2.24) is 4.90 Å². The minimum atomic E-state index is 0.0518. The van der Waals surface area contributed by atoms with E-state index in [1.807, 2.05) is 0 Å². The van der Waals surface area contributed by atoms with Gasteiger partial charge in [0.05, 0.1) is 0 Å². The Hall–Kier alpha value is -0.340. The van der Waals surface area contributed by atoms with Crippen LogP contribution in [0.3, 0.4) is 0 Å². The van der Waals surface area contributed by atoms with Gasteiger partial charge in [0, 0.05) is 11.6 Å². The molecule has 0 heterocycles. The molecule has 0 spiro atoms. The largest absolute Gasteiger partial charge is 0.323 e. The fourth-order valence-electron chi connectivity index (χ4n) is 2.05. The van der Waals surface area contributed by atoms with Crippen molar-refractivity contribution in [2.24, 2.45) is 5.73 Å². The third-order valence-corrected chi connectivity index (χ3v) is 3.89. The molecule has 1 atom stereocenters. The molecule has 2 nitrogen and oxygen atoms in total. The van der Waals surface area contributed by atoms with Crippen molar-refractivity contribution in [1.29, 1.82) is 0 Å². The Morgan fingerprint density at radius 3 is 2.53 bits per heavy atom. The summed E-state index contributed by atoms with van der Waals surface area (Å²) in [5.74, 6) is 0. The number of hydrogen-bond donors (Lipinski definition) is 1. The summed E-state index contributed by atoms with van der Waals surface area (Å²) in [6.45, 7) is 4.45. The van der Waals surface area contributed by atoms with E-state index in [1.54, 1.807) is 0 Å². The van der Waals surface area contributed by atoms with E-state index in [0.717, 1.165) is 0 Å². The Balaban J connectivity index is 2.73. The quantitative estimate of drug-likeness (QED) is 0.725. The molecule has 0 aromatic heterocycles. The van der Waals surface area contributed by atoms with Gasteiger partial charge in [0.15, 0.2) is 0 Å². The van der Waals surface area contributed by atoms with Crippen LogP contribution in [-0.4, -0.2) is 30.6 Å². The first-order valence-electron chi connectivity index (χ1n) is 6.08. The molecule has 2 heteroatoms. The van der Waals surface area contributed by atoms with Gasteiger partial charge in [-0.15, -0.1) is 0 Å². The summed E-state index contributed by atoms with van der Waals surface area (Å²) in [7, 11) is 4.22. The summed E-state index contributed by atoms with van der Waals surface area (Å²) < 4.78 is 0. The maximum Gasteiger partial charge on any atom is 0.0435 e. The lowest BCUT2D eigenvalue weighted by atomic mass is 9.86. The van der Waals surface area contributed by atoms with Crippen LogP contribution in [-0.2, 0) is 0 Å². The Kier molecular flexibility index (Phi) is 4.35. The Bertz CT molecular complexity index is 229. The molecule has 1 unspecified atom stereocenters. The predicted molar refractivity (Wildman–Crippen MR) is 66.9 cm³/mol. The van der Waals surface area contributed by atoms with Crippen molar-refractivity contribution >= 4 is 0 Å². The van der Waals surface area contributed by atoms with Crippen LogP contribution in [0.1, 0.15) is 46.0 Å². The topological polar surface area (TPSA) is 29.3 Å². The van der Waals surface area contributed by atoms with E-state index in [4.69, 9.17) is 5.73 Å². The van der Waals surface area contributed by atoms with Crippen molar-refractivity contribution in [2.45, 2.75) is 57.5 Å². The van der Waals surface area contributed by atoms with Gasteiger partial charge in [0.25, 0.3) is 0 Å². The highest BCUT2D eigenvalue weighted by atomic mass is 15.2. The second-order valence-corrected chi connectivity index (χ2v) is 5.40. The van der Waals surface area contributed by atoms with E-state index in [2.05, 4.69) is 38.9 Å². The van der Waals surface area contributed by atoms with Crippen molar-refractivity contribution in [3.63, 3.8) is 0 Å². The fourth-order valence-corrected chi connectivity index (χ4v) is 2.05. The molecule has 0 amide bonds. The molecule has 0 radical (unpaired) electrons. The highest BCUT2D eigenvalue weighted by Gasteiger charge is 2.31. The van der Waals surface area contributed by atoms with Crippen LogP contribution in [0.2, 0.25) is 0 Å². The molecular formula is C13H26N2. The first-order valence-corrected chi connectivity index (χ1v) is 6.08. The van der Waals surface area contributed by atoms with E-state index in [0.29, 0.717) is 0 Å². The van der Waals surface area contributed by atoms with E-state index in [9.17, 15) is 0 Å². The third-order valence-electron chi connectivity index (χ3n) is 3.89. The number of hydrogen-bond acceptors (Lipinski definition) is 2. The van der Waals surface area contributed by atoms with Crippen LogP contribution in [0.5, 0.6) is 0 Å². The Morgan fingerprint density at radius 2 is 1.93 bits per heavy atom. The van der Waals surface area contributed by atoms with Crippen molar-refractivity contribution in [3.8, 4) is 0 Å². The van der Waals surface area contributed by atoms with E-state index >= 15 is 0 Å². The molecule has 0 saturated carbocycles. The standard InChI is InChI=1S/C13H26N2/c1-13(2,15(3)4)12(14)11-9-7-5-6-8-10-11/h9,12H,5-8,10,14H2,1-4H3. The Morgan fingerprint density at radius 1 is 1.27 bits per heavy atom. The van der Waals surface area contributed by atoms with Crippen LogP contribution >= 0.6 is 0 Å². The number of rotatable bonds is 3. The van der Waals surface area contributed by atoms with Crippen LogP contribution in [0.4, 0.5) is 0 Å². The lowest BCUT2D eigenvalue weighted by Gasteiger charge is -2.39. The minimum Gasteiger partial charge on any atom is -0.323 e. The monoisotopic (exact) mass is 210 g/mol.